The van der Waals surface area contributed by atoms with E-state index < -0.39 is 17.1 Å². The van der Waals surface area contributed by atoms with E-state index in [4.69, 9.17) is 11.6 Å². The molecule has 102 valence electrons. The summed E-state index contributed by atoms with van der Waals surface area (Å²) in [6.45, 7) is 0. The van der Waals surface area contributed by atoms with Crippen LogP contribution in [0.1, 0.15) is 0 Å². The first-order chi connectivity index (χ1) is 9.47. The Kier molecular flexibility index (Phi) is 2.72. The van der Waals surface area contributed by atoms with Crippen molar-refractivity contribution in [2.24, 2.45) is 7.05 Å². The lowest BCUT2D eigenvalue weighted by Crippen LogP contribution is -2.28. The summed E-state index contributed by atoms with van der Waals surface area (Å²) in [5, 5.41) is 0.338. The molecule has 20 heavy (non-hydrogen) atoms. The number of hydrogen-bond acceptors (Lipinski definition) is 3. The molecule has 0 aliphatic carbocycles. The molecule has 0 aliphatic heterocycles. The second kappa shape index (κ2) is 4.31. The number of hydrogen-bond donors (Lipinski definition) is 2. The SMILES string of the molecule is Cn1c(=O)[nH]c(=O)c2[nH]c(-c3cc(Cl)ccc3F)nc21. The number of imidazole rings is 1. The zero-order valence-corrected chi connectivity index (χ0v) is 11.0. The number of fused-ring (bicyclic) bond motifs is 1. The lowest BCUT2D eigenvalue weighted by Gasteiger charge is -1.99. The van der Waals surface area contributed by atoms with E-state index in [0.29, 0.717) is 5.02 Å². The molecule has 0 saturated heterocycles. The van der Waals surface area contributed by atoms with Gasteiger partial charge in [0.25, 0.3) is 5.56 Å². The minimum atomic E-state index is -0.607. The summed E-state index contributed by atoms with van der Waals surface area (Å²) in [7, 11) is 1.46. The van der Waals surface area contributed by atoms with Gasteiger partial charge in [0.1, 0.15) is 17.2 Å². The Balaban J connectivity index is 2.37. The molecule has 3 aromatic rings. The first-order valence-corrected chi connectivity index (χ1v) is 5.99. The van der Waals surface area contributed by atoms with Crippen molar-refractivity contribution in [3.05, 3.63) is 49.9 Å². The van der Waals surface area contributed by atoms with E-state index in [2.05, 4.69) is 15.0 Å². The molecule has 0 unspecified atom stereocenters. The molecule has 0 saturated carbocycles. The van der Waals surface area contributed by atoms with Gasteiger partial charge in [-0.1, -0.05) is 11.6 Å². The third kappa shape index (κ3) is 1.83. The lowest BCUT2D eigenvalue weighted by molar-refractivity contribution is 0.630. The number of aromatic nitrogens is 4. The zero-order valence-electron chi connectivity index (χ0n) is 10.2. The topological polar surface area (TPSA) is 83.5 Å². The Morgan fingerprint density at radius 3 is 2.80 bits per heavy atom. The summed E-state index contributed by atoms with van der Waals surface area (Å²) in [5.74, 6) is -0.401. The van der Waals surface area contributed by atoms with E-state index in [9.17, 15) is 14.0 Å². The van der Waals surface area contributed by atoms with Crippen LogP contribution in [0.3, 0.4) is 0 Å². The molecular weight excluding hydrogens is 287 g/mol. The number of nitrogens with one attached hydrogen (secondary N) is 2. The van der Waals surface area contributed by atoms with Crippen molar-refractivity contribution in [1.82, 2.24) is 19.5 Å². The zero-order chi connectivity index (χ0) is 14.4. The molecule has 0 fully saturated rings. The van der Waals surface area contributed by atoms with Gasteiger partial charge < -0.3 is 4.98 Å². The van der Waals surface area contributed by atoms with Gasteiger partial charge in [0.15, 0.2) is 5.65 Å². The van der Waals surface area contributed by atoms with E-state index in [-0.39, 0.29) is 22.6 Å². The highest BCUT2D eigenvalue weighted by Crippen LogP contribution is 2.24. The molecule has 0 aliphatic rings. The Bertz CT molecular complexity index is 941. The number of rotatable bonds is 1. The molecule has 6 nitrogen and oxygen atoms in total. The number of halogens is 2. The number of H-pyrrole nitrogens is 2. The van der Waals surface area contributed by atoms with Crippen LogP contribution < -0.4 is 11.2 Å². The molecule has 1 aromatic carbocycles. The van der Waals surface area contributed by atoms with Crippen LogP contribution in [0.15, 0.2) is 27.8 Å². The number of aromatic amines is 2. The van der Waals surface area contributed by atoms with Crippen LogP contribution in [0, 0.1) is 5.82 Å². The third-order valence-corrected chi connectivity index (χ3v) is 3.17. The summed E-state index contributed by atoms with van der Waals surface area (Å²) < 4.78 is 15.0. The molecule has 2 N–H and O–H groups in total. The molecule has 8 heteroatoms. The standard InChI is InChI=1S/C12H8ClFN4O2/c1-18-10-8(11(19)17-12(18)20)15-9(16-10)6-4-5(13)2-3-7(6)14/h2-4H,1H3,(H,15,16)(H,17,19,20). The maximum absolute atomic E-state index is 13.8. The van der Waals surface area contributed by atoms with Gasteiger partial charge in [-0.15, -0.1) is 0 Å². The second-order valence-electron chi connectivity index (χ2n) is 4.23. The predicted octanol–water partition coefficient (Wildman–Crippen LogP) is 1.41. The summed E-state index contributed by atoms with van der Waals surface area (Å²) in [4.78, 5) is 32.1. The van der Waals surface area contributed by atoms with Gasteiger partial charge in [-0.25, -0.2) is 14.2 Å². The van der Waals surface area contributed by atoms with Crippen LogP contribution >= 0.6 is 11.6 Å². The molecule has 0 atom stereocenters. The van der Waals surface area contributed by atoms with Crippen molar-refractivity contribution in [2.45, 2.75) is 0 Å². The number of aryl methyl sites for hydroxylation is 1. The van der Waals surface area contributed by atoms with Gasteiger partial charge in [0.05, 0.1) is 5.56 Å². The van der Waals surface area contributed by atoms with E-state index in [1.807, 2.05) is 0 Å². The minimum Gasteiger partial charge on any atom is -0.332 e. The van der Waals surface area contributed by atoms with Crippen LogP contribution in [0.2, 0.25) is 5.02 Å². The van der Waals surface area contributed by atoms with Gasteiger partial charge >= 0.3 is 5.69 Å². The molecule has 2 aromatic heterocycles. The summed E-state index contributed by atoms with van der Waals surface area (Å²) in [6.07, 6.45) is 0. The molecule has 2 heterocycles. The first kappa shape index (κ1) is 12.6. The predicted molar refractivity (Wildman–Crippen MR) is 72.4 cm³/mol. The Labute approximate surface area is 115 Å². The van der Waals surface area contributed by atoms with E-state index in [1.54, 1.807) is 0 Å². The fourth-order valence-corrected chi connectivity index (χ4v) is 2.08. The van der Waals surface area contributed by atoms with E-state index in [1.165, 1.54) is 29.8 Å². The number of benzene rings is 1. The normalized spacial score (nSPS) is 11.2. The Hall–Kier alpha value is -2.41. The van der Waals surface area contributed by atoms with Crippen LogP contribution in [-0.2, 0) is 7.05 Å². The van der Waals surface area contributed by atoms with Gasteiger partial charge in [0, 0.05) is 12.1 Å². The van der Waals surface area contributed by atoms with Crippen LogP contribution in [0.25, 0.3) is 22.6 Å². The quantitative estimate of drug-likeness (QED) is 0.712. The fraction of sp³-hybridized carbons (Fsp3) is 0.0833. The molecule has 0 amide bonds. The Morgan fingerprint density at radius 2 is 2.05 bits per heavy atom. The van der Waals surface area contributed by atoms with Gasteiger partial charge in [-0.2, -0.15) is 0 Å². The largest absolute Gasteiger partial charge is 0.332 e. The highest BCUT2D eigenvalue weighted by Gasteiger charge is 2.14. The molecule has 3 rings (SSSR count). The highest BCUT2D eigenvalue weighted by atomic mass is 35.5. The summed E-state index contributed by atoms with van der Waals surface area (Å²) >= 11 is 5.82. The summed E-state index contributed by atoms with van der Waals surface area (Å²) in [6, 6.07) is 4.00. The van der Waals surface area contributed by atoms with Crippen LogP contribution in [0.5, 0.6) is 0 Å². The first-order valence-electron chi connectivity index (χ1n) is 5.62. The molecule has 0 spiro atoms. The molecular formula is C12H8ClFN4O2. The van der Waals surface area contributed by atoms with Crippen molar-refractivity contribution >= 4 is 22.8 Å². The average molecular weight is 295 g/mol. The van der Waals surface area contributed by atoms with E-state index >= 15 is 0 Å². The molecule has 0 radical (unpaired) electrons. The smallest absolute Gasteiger partial charge is 0.329 e. The fourth-order valence-electron chi connectivity index (χ4n) is 1.91. The molecule has 0 bridgehead atoms. The minimum absolute atomic E-state index is 0.0986. The van der Waals surface area contributed by atoms with Crippen molar-refractivity contribution in [1.29, 1.82) is 0 Å². The Morgan fingerprint density at radius 1 is 1.30 bits per heavy atom. The van der Waals surface area contributed by atoms with Crippen molar-refractivity contribution in [3.63, 3.8) is 0 Å². The van der Waals surface area contributed by atoms with Gasteiger partial charge in [-0.3, -0.25) is 14.3 Å². The van der Waals surface area contributed by atoms with Crippen molar-refractivity contribution in [2.75, 3.05) is 0 Å². The third-order valence-electron chi connectivity index (χ3n) is 2.94. The number of nitrogens with zero attached hydrogens (tertiary/aromatic N) is 2. The van der Waals surface area contributed by atoms with Crippen LogP contribution in [-0.4, -0.2) is 19.5 Å². The van der Waals surface area contributed by atoms with Crippen molar-refractivity contribution in [3.8, 4) is 11.4 Å². The van der Waals surface area contributed by atoms with E-state index in [0.717, 1.165) is 0 Å². The second-order valence-corrected chi connectivity index (χ2v) is 4.66. The van der Waals surface area contributed by atoms with Gasteiger partial charge in [0.2, 0.25) is 0 Å². The maximum atomic E-state index is 13.8. The van der Waals surface area contributed by atoms with Crippen LogP contribution in [0.4, 0.5) is 4.39 Å². The lowest BCUT2D eigenvalue weighted by atomic mass is 10.2. The summed E-state index contributed by atoms with van der Waals surface area (Å²) in [5.41, 5.74) is -0.827. The van der Waals surface area contributed by atoms with Crippen molar-refractivity contribution < 1.29 is 4.39 Å². The van der Waals surface area contributed by atoms with Gasteiger partial charge in [-0.05, 0) is 18.2 Å². The monoisotopic (exact) mass is 294 g/mol. The highest BCUT2D eigenvalue weighted by molar-refractivity contribution is 6.30. The average Bonchev–Trinajstić information content (AvgIpc) is 2.84. The maximum Gasteiger partial charge on any atom is 0.329 e.